The first kappa shape index (κ1) is 20.3. The van der Waals surface area contributed by atoms with Crippen molar-refractivity contribution < 1.29 is 9.80 Å². The molecule has 1 aliphatic heterocycles. The standard InChI is InChI=1S/C25H32N6/c1-20-11-13-22(14-12-20)24(30-17-15-29(16-18-30)23-9-5-6-10-23)25-26-27-28-31(25)19-21-7-3-2-4-8-21/h2-4,7-8,11-14,23-24H,5-6,9-10,15-19H2,1H3/p+2/t24-/m1/s1. The van der Waals surface area contributed by atoms with E-state index in [0.29, 0.717) is 6.54 Å². The van der Waals surface area contributed by atoms with Gasteiger partial charge in [0.15, 0.2) is 6.04 Å². The summed E-state index contributed by atoms with van der Waals surface area (Å²) in [5.74, 6) is 0.979. The maximum atomic E-state index is 4.56. The molecule has 0 unspecified atom stereocenters. The molecule has 0 amide bonds. The Morgan fingerprint density at radius 3 is 2.35 bits per heavy atom. The molecular weight excluding hydrogens is 384 g/mol. The minimum absolute atomic E-state index is 0.171. The number of piperazine rings is 1. The van der Waals surface area contributed by atoms with E-state index in [0.717, 1.165) is 11.9 Å². The Morgan fingerprint density at radius 1 is 0.935 bits per heavy atom. The molecule has 1 saturated carbocycles. The number of hydrogen-bond donors (Lipinski definition) is 2. The van der Waals surface area contributed by atoms with E-state index < -0.39 is 0 Å². The van der Waals surface area contributed by atoms with Gasteiger partial charge in [0.1, 0.15) is 26.2 Å². The van der Waals surface area contributed by atoms with Crippen LogP contribution in [0.5, 0.6) is 0 Å². The summed E-state index contributed by atoms with van der Waals surface area (Å²) in [7, 11) is 0. The smallest absolute Gasteiger partial charge is 0.214 e. The van der Waals surface area contributed by atoms with Crippen LogP contribution in [0.3, 0.4) is 0 Å². The fourth-order valence-corrected chi connectivity index (χ4v) is 5.54. The average molecular weight is 419 g/mol. The molecule has 2 heterocycles. The van der Waals surface area contributed by atoms with Gasteiger partial charge in [0.05, 0.1) is 12.6 Å². The van der Waals surface area contributed by atoms with Gasteiger partial charge in [-0.1, -0.05) is 60.2 Å². The predicted octanol–water partition coefficient (Wildman–Crippen LogP) is 0.845. The first-order chi connectivity index (χ1) is 15.3. The molecule has 6 heteroatoms. The molecule has 2 aliphatic rings. The second-order valence-corrected chi connectivity index (χ2v) is 9.32. The number of rotatable bonds is 6. The van der Waals surface area contributed by atoms with Crippen LogP contribution < -0.4 is 9.80 Å². The number of quaternary nitrogens is 2. The summed E-state index contributed by atoms with van der Waals surface area (Å²) in [5.41, 5.74) is 3.83. The van der Waals surface area contributed by atoms with E-state index in [2.05, 4.69) is 77.0 Å². The molecule has 31 heavy (non-hydrogen) atoms. The van der Waals surface area contributed by atoms with Crippen LogP contribution in [0.1, 0.15) is 54.2 Å². The van der Waals surface area contributed by atoms with E-state index >= 15 is 0 Å². The van der Waals surface area contributed by atoms with Crippen molar-refractivity contribution in [1.29, 1.82) is 0 Å². The van der Waals surface area contributed by atoms with Crippen molar-refractivity contribution in [2.24, 2.45) is 0 Å². The fraction of sp³-hybridized carbons (Fsp3) is 0.480. The predicted molar refractivity (Wildman–Crippen MR) is 120 cm³/mol. The molecule has 1 saturated heterocycles. The van der Waals surface area contributed by atoms with Crippen molar-refractivity contribution in [3.63, 3.8) is 0 Å². The summed E-state index contributed by atoms with van der Waals surface area (Å²) < 4.78 is 2.00. The quantitative estimate of drug-likeness (QED) is 0.624. The Labute approximate surface area is 184 Å². The third kappa shape index (κ3) is 4.55. The first-order valence-electron chi connectivity index (χ1n) is 11.8. The highest BCUT2D eigenvalue weighted by Gasteiger charge is 2.38. The minimum atomic E-state index is 0.171. The number of aryl methyl sites for hydroxylation is 1. The Hall–Kier alpha value is -2.57. The zero-order chi connectivity index (χ0) is 21.0. The number of aromatic nitrogens is 4. The number of nitrogens with zero attached hydrogens (tertiary/aromatic N) is 4. The summed E-state index contributed by atoms with van der Waals surface area (Å²) in [6.07, 6.45) is 5.68. The molecule has 1 aliphatic carbocycles. The van der Waals surface area contributed by atoms with E-state index in [-0.39, 0.29) is 6.04 Å². The minimum Gasteiger partial charge on any atom is -0.323 e. The van der Waals surface area contributed by atoms with E-state index in [1.165, 1.54) is 68.6 Å². The Morgan fingerprint density at radius 2 is 1.65 bits per heavy atom. The van der Waals surface area contributed by atoms with Gasteiger partial charge in [0.25, 0.3) is 0 Å². The Bertz CT molecular complexity index is 953. The molecule has 2 fully saturated rings. The van der Waals surface area contributed by atoms with Gasteiger partial charge in [-0.3, -0.25) is 0 Å². The Balaban J connectivity index is 1.41. The summed E-state index contributed by atoms with van der Waals surface area (Å²) in [6, 6.07) is 20.5. The van der Waals surface area contributed by atoms with E-state index in [9.17, 15) is 0 Å². The summed E-state index contributed by atoms with van der Waals surface area (Å²) >= 11 is 0. The third-order valence-electron chi connectivity index (χ3n) is 7.28. The van der Waals surface area contributed by atoms with Crippen LogP contribution in [0.25, 0.3) is 0 Å². The van der Waals surface area contributed by atoms with Crippen molar-refractivity contribution in [1.82, 2.24) is 20.2 Å². The molecule has 3 aromatic rings. The molecule has 2 aromatic carbocycles. The van der Waals surface area contributed by atoms with Crippen LogP contribution in [0.4, 0.5) is 0 Å². The zero-order valence-electron chi connectivity index (χ0n) is 18.5. The van der Waals surface area contributed by atoms with Crippen LogP contribution in [0, 0.1) is 6.92 Å². The topological polar surface area (TPSA) is 52.5 Å². The number of nitrogens with one attached hydrogen (secondary N) is 2. The molecule has 6 nitrogen and oxygen atoms in total. The second-order valence-electron chi connectivity index (χ2n) is 9.32. The average Bonchev–Trinajstić information content (AvgIpc) is 3.50. The highest BCUT2D eigenvalue weighted by Crippen LogP contribution is 2.19. The van der Waals surface area contributed by atoms with Gasteiger partial charge in [0, 0.05) is 5.56 Å². The molecule has 0 bridgehead atoms. The summed E-state index contributed by atoms with van der Waals surface area (Å²) in [6.45, 7) is 7.70. The molecule has 0 spiro atoms. The molecular formula is C25H34N6+2. The van der Waals surface area contributed by atoms with Crippen LogP contribution in [-0.4, -0.2) is 52.4 Å². The van der Waals surface area contributed by atoms with Crippen molar-refractivity contribution in [2.75, 3.05) is 26.2 Å². The summed E-state index contributed by atoms with van der Waals surface area (Å²) in [5, 5.41) is 13.0. The SMILES string of the molecule is Cc1ccc([C@H](c2nnnn2Cc2ccccc2)[NH+]2CC[NH+](C3CCCC3)CC2)cc1. The van der Waals surface area contributed by atoms with Gasteiger partial charge in [0.2, 0.25) is 5.82 Å². The van der Waals surface area contributed by atoms with Crippen molar-refractivity contribution in [3.8, 4) is 0 Å². The van der Waals surface area contributed by atoms with Crippen molar-refractivity contribution >= 4 is 0 Å². The lowest BCUT2D eigenvalue weighted by atomic mass is 10.0. The van der Waals surface area contributed by atoms with Gasteiger partial charge >= 0.3 is 0 Å². The van der Waals surface area contributed by atoms with Gasteiger partial charge in [-0.15, -0.1) is 5.10 Å². The maximum Gasteiger partial charge on any atom is 0.214 e. The number of tetrazole rings is 1. The lowest BCUT2D eigenvalue weighted by molar-refractivity contribution is -1.03. The second kappa shape index (κ2) is 9.28. The van der Waals surface area contributed by atoms with E-state index in [4.69, 9.17) is 0 Å². The zero-order valence-corrected chi connectivity index (χ0v) is 18.5. The lowest BCUT2D eigenvalue weighted by Gasteiger charge is -2.36. The number of hydrogen-bond acceptors (Lipinski definition) is 3. The molecule has 162 valence electrons. The highest BCUT2D eigenvalue weighted by atomic mass is 15.6. The molecule has 1 aromatic heterocycles. The van der Waals surface area contributed by atoms with Crippen LogP contribution >= 0.6 is 0 Å². The van der Waals surface area contributed by atoms with E-state index in [1.54, 1.807) is 4.90 Å². The summed E-state index contributed by atoms with van der Waals surface area (Å²) in [4.78, 5) is 3.42. The lowest BCUT2D eigenvalue weighted by Crippen LogP contribution is -3.29. The van der Waals surface area contributed by atoms with Crippen LogP contribution in [0.2, 0.25) is 0 Å². The molecule has 0 radical (unpaired) electrons. The van der Waals surface area contributed by atoms with Crippen LogP contribution in [-0.2, 0) is 6.54 Å². The van der Waals surface area contributed by atoms with Gasteiger partial charge < -0.3 is 9.80 Å². The third-order valence-corrected chi connectivity index (χ3v) is 7.28. The Kier molecular flexibility index (Phi) is 6.09. The van der Waals surface area contributed by atoms with Gasteiger partial charge in [-0.25, -0.2) is 4.68 Å². The fourth-order valence-electron chi connectivity index (χ4n) is 5.54. The molecule has 2 N–H and O–H groups in total. The first-order valence-corrected chi connectivity index (χ1v) is 11.8. The van der Waals surface area contributed by atoms with Gasteiger partial charge in [-0.05, 0) is 48.6 Å². The largest absolute Gasteiger partial charge is 0.323 e. The van der Waals surface area contributed by atoms with Crippen LogP contribution in [0.15, 0.2) is 54.6 Å². The monoisotopic (exact) mass is 418 g/mol. The van der Waals surface area contributed by atoms with E-state index in [1.807, 2.05) is 9.58 Å². The van der Waals surface area contributed by atoms with Crippen molar-refractivity contribution in [3.05, 3.63) is 77.1 Å². The van der Waals surface area contributed by atoms with Crippen molar-refractivity contribution in [2.45, 2.75) is 51.2 Å². The number of benzene rings is 2. The maximum absolute atomic E-state index is 4.56. The molecule has 1 atom stereocenters. The highest BCUT2D eigenvalue weighted by molar-refractivity contribution is 5.26. The normalized spacial score (nSPS) is 23.1. The molecule has 5 rings (SSSR count). The van der Waals surface area contributed by atoms with Gasteiger partial charge in [-0.2, -0.15) is 0 Å².